The summed E-state index contributed by atoms with van der Waals surface area (Å²) in [4.78, 5) is 17.6. The summed E-state index contributed by atoms with van der Waals surface area (Å²) in [6.07, 6.45) is 3.31. The zero-order valence-electron chi connectivity index (χ0n) is 16.2. The average molecular weight is 420 g/mol. The van der Waals surface area contributed by atoms with Crippen LogP contribution in [0.25, 0.3) is 6.08 Å². The molecule has 0 bridgehead atoms. The van der Waals surface area contributed by atoms with Gasteiger partial charge in [-0.2, -0.15) is 4.31 Å². The van der Waals surface area contributed by atoms with E-state index in [2.05, 4.69) is 4.98 Å². The van der Waals surface area contributed by atoms with Crippen molar-refractivity contribution in [3.05, 3.63) is 95.8 Å². The van der Waals surface area contributed by atoms with Crippen LogP contribution in [-0.2, 0) is 14.8 Å². The van der Waals surface area contributed by atoms with E-state index in [1.54, 1.807) is 36.5 Å². The van der Waals surface area contributed by atoms with E-state index < -0.39 is 15.9 Å². The Kier molecular flexibility index (Phi) is 5.48. The number of piperidine rings is 1. The molecule has 1 unspecified atom stereocenters. The number of hydrogen-bond donors (Lipinski definition) is 1. The Morgan fingerprint density at radius 2 is 1.67 bits per heavy atom. The summed E-state index contributed by atoms with van der Waals surface area (Å²) >= 11 is 0. The smallest absolute Gasteiger partial charge is 0.243 e. The number of nitrogens with two attached hydrogens (primary N) is 1. The fraction of sp³-hybridized carbons (Fsp3) is 0.130. The number of benzene rings is 2. The predicted octanol–water partition coefficient (Wildman–Crippen LogP) is 3.10. The Hall–Kier alpha value is -3.29. The SMILES string of the molecule is Nc1ccc(S(=O)(=O)N2CC(=Cc3ccccn3)C(=O)C(c3ccccc3)C2)cc1. The van der Waals surface area contributed by atoms with Crippen LogP contribution in [0.15, 0.2) is 89.5 Å². The highest BCUT2D eigenvalue weighted by Gasteiger charge is 2.38. The number of carbonyl (C=O) groups excluding carboxylic acids is 1. The van der Waals surface area contributed by atoms with Crippen molar-refractivity contribution in [2.45, 2.75) is 10.8 Å². The van der Waals surface area contributed by atoms with Gasteiger partial charge in [0.05, 0.1) is 16.5 Å². The maximum Gasteiger partial charge on any atom is 0.243 e. The molecule has 0 radical (unpaired) electrons. The second kappa shape index (κ2) is 8.22. The van der Waals surface area contributed by atoms with Crippen LogP contribution in [0, 0.1) is 0 Å². The van der Waals surface area contributed by atoms with Gasteiger partial charge in [-0.15, -0.1) is 0 Å². The first-order chi connectivity index (χ1) is 14.4. The Balaban J connectivity index is 1.76. The monoisotopic (exact) mass is 419 g/mol. The van der Waals surface area contributed by atoms with Crippen LogP contribution in [0.4, 0.5) is 5.69 Å². The highest BCUT2D eigenvalue weighted by atomic mass is 32.2. The third-order valence-electron chi connectivity index (χ3n) is 5.10. The summed E-state index contributed by atoms with van der Waals surface area (Å²) in [5.74, 6) is -0.672. The van der Waals surface area contributed by atoms with Crippen molar-refractivity contribution >= 4 is 27.6 Å². The van der Waals surface area contributed by atoms with Gasteiger partial charge >= 0.3 is 0 Å². The number of carbonyl (C=O) groups is 1. The van der Waals surface area contributed by atoms with Gasteiger partial charge in [0.15, 0.2) is 5.78 Å². The molecule has 2 aromatic carbocycles. The van der Waals surface area contributed by atoms with Gasteiger partial charge in [-0.25, -0.2) is 8.42 Å². The van der Waals surface area contributed by atoms with Crippen LogP contribution in [-0.4, -0.2) is 36.6 Å². The van der Waals surface area contributed by atoms with Crippen molar-refractivity contribution in [3.63, 3.8) is 0 Å². The Morgan fingerprint density at radius 3 is 2.33 bits per heavy atom. The first kappa shape index (κ1) is 20.0. The number of pyridine rings is 1. The fourth-order valence-electron chi connectivity index (χ4n) is 3.51. The van der Waals surface area contributed by atoms with E-state index in [0.29, 0.717) is 17.0 Å². The van der Waals surface area contributed by atoms with E-state index >= 15 is 0 Å². The zero-order chi connectivity index (χ0) is 21.1. The molecule has 1 aliphatic heterocycles. The van der Waals surface area contributed by atoms with Crippen LogP contribution in [0.3, 0.4) is 0 Å². The van der Waals surface area contributed by atoms with Crippen molar-refractivity contribution in [2.75, 3.05) is 18.8 Å². The van der Waals surface area contributed by atoms with E-state index in [0.717, 1.165) is 5.56 Å². The molecule has 4 rings (SSSR count). The summed E-state index contributed by atoms with van der Waals surface area (Å²) in [6, 6.07) is 20.7. The van der Waals surface area contributed by atoms with Crippen LogP contribution in [0.2, 0.25) is 0 Å². The third-order valence-corrected chi connectivity index (χ3v) is 6.92. The maximum atomic E-state index is 13.3. The first-order valence-electron chi connectivity index (χ1n) is 9.51. The quantitative estimate of drug-likeness (QED) is 0.518. The number of sulfonamides is 1. The van der Waals surface area contributed by atoms with Crippen molar-refractivity contribution < 1.29 is 13.2 Å². The molecule has 2 N–H and O–H groups in total. The molecule has 1 fully saturated rings. The number of hydrogen-bond acceptors (Lipinski definition) is 5. The molecule has 30 heavy (non-hydrogen) atoms. The van der Waals surface area contributed by atoms with E-state index in [-0.39, 0.29) is 23.8 Å². The Morgan fingerprint density at radius 1 is 0.967 bits per heavy atom. The molecule has 0 spiro atoms. The van der Waals surface area contributed by atoms with E-state index in [1.807, 2.05) is 36.4 Å². The summed E-state index contributed by atoms with van der Waals surface area (Å²) in [5.41, 5.74) is 7.99. The highest BCUT2D eigenvalue weighted by Crippen LogP contribution is 2.31. The van der Waals surface area contributed by atoms with Gasteiger partial charge in [0, 0.05) is 30.5 Å². The number of nitrogen functional groups attached to an aromatic ring is 1. The molecular formula is C23H21N3O3S. The normalized spacial score (nSPS) is 19.1. The van der Waals surface area contributed by atoms with Crippen molar-refractivity contribution in [1.82, 2.24) is 9.29 Å². The minimum atomic E-state index is -3.80. The molecular weight excluding hydrogens is 398 g/mol. The lowest BCUT2D eigenvalue weighted by atomic mass is 9.87. The zero-order valence-corrected chi connectivity index (χ0v) is 17.0. The van der Waals surface area contributed by atoms with Crippen LogP contribution < -0.4 is 5.73 Å². The van der Waals surface area contributed by atoms with Crippen LogP contribution in [0.1, 0.15) is 17.2 Å². The molecule has 152 valence electrons. The molecule has 3 aromatic rings. The lowest BCUT2D eigenvalue weighted by Crippen LogP contribution is -2.44. The molecule has 1 saturated heterocycles. The largest absolute Gasteiger partial charge is 0.399 e. The lowest BCUT2D eigenvalue weighted by Gasteiger charge is -2.33. The van der Waals surface area contributed by atoms with Gasteiger partial charge < -0.3 is 5.73 Å². The average Bonchev–Trinajstić information content (AvgIpc) is 2.76. The molecule has 0 saturated carbocycles. The molecule has 1 aliphatic rings. The van der Waals surface area contributed by atoms with Crippen molar-refractivity contribution in [1.29, 1.82) is 0 Å². The molecule has 2 heterocycles. The fourth-order valence-corrected chi connectivity index (χ4v) is 4.95. The summed E-state index contributed by atoms with van der Waals surface area (Å²) in [6.45, 7) is 0.0700. The second-order valence-corrected chi connectivity index (χ2v) is 9.06. The lowest BCUT2D eigenvalue weighted by molar-refractivity contribution is -0.118. The third kappa shape index (κ3) is 4.03. The van der Waals surface area contributed by atoms with Crippen molar-refractivity contribution in [3.8, 4) is 0 Å². The molecule has 1 aromatic heterocycles. The Bertz CT molecular complexity index is 1180. The number of ketones is 1. The van der Waals surface area contributed by atoms with Crippen LogP contribution >= 0.6 is 0 Å². The van der Waals surface area contributed by atoms with E-state index in [1.165, 1.54) is 16.4 Å². The van der Waals surface area contributed by atoms with Gasteiger partial charge in [-0.1, -0.05) is 36.4 Å². The first-order valence-corrected chi connectivity index (χ1v) is 11.0. The van der Waals surface area contributed by atoms with Gasteiger partial charge in [-0.3, -0.25) is 9.78 Å². The standard InChI is InChI=1S/C23H21N3O3S/c24-19-9-11-21(12-10-19)30(28,29)26-15-18(14-20-8-4-5-13-25-20)23(27)22(16-26)17-6-2-1-3-7-17/h1-14,22H,15-16,24H2. The highest BCUT2D eigenvalue weighted by molar-refractivity contribution is 7.89. The Labute approximate surface area is 175 Å². The second-order valence-electron chi connectivity index (χ2n) is 7.12. The minimum Gasteiger partial charge on any atom is -0.399 e. The molecule has 6 nitrogen and oxygen atoms in total. The number of aromatic nitrogens is 1. The van der Waals surface area contributed by atoms with Gasteiger partial charge in [0.25, 0.3) is 0 Å². The maximum absolute atomic E-state index is 13.3. The summed E-state index contributed by atoms with van der Waals surface area (Å²) < 4.78 is 28.0. The summed E-state index contributed by atoms with van der Waals surface area (Å²) in [5, 5.41) is 0. The topological polar surface area (TPSA) is 93.4 Å². The summed E-state index contributed by atoms with van der Waals surface area (Å²) in [7, 11) is -3.80. The molecule has 1 atom stereocenters. The molecule has 7 heteroatoms. The minimum absolute atomic E-state index is 0.00848. The number of Topliss-reactive ketones (excluding diaryl/α,β-unsaturated/α-hetero) is 1. The number of rotatable bonds is 4. The predicted molar refractivity (Wildman–Crippen MR) is 116 cm³/mol. The number of anilines is 1. The van der Waals surface area contributed by atoms with E-state index in [9.17, 15) is 13.2 Å². The van der Waals surface area contributed by atoms with Crippen LogP contribution in [0.5, 0.6) is 0 Å². The van der Waals surface area contributed by atoms with Gasteiger partial charge in [-0.05, 0) is 48.0 Å². The number of nitrogens with zero attached hydrogens (tertiary/aromatic N) is 2. The van der Waals surface area contributed by atoms with Gasteiger partial charge in [0.2, 0.25) is 10.0 Å². The molecule has 0 aliphatic carbocycles. The molecule has 0 amide bonds. The van der Waals surface area contributed by atoms with E-state index in [4.69, 9.17) is 5.73 Å². The van der Waals surface area contributed by atoms with Gasteiger partial charge in [0.1, 0.15) is 0 Å². The van der Waals surface area contributed by atoms with Crippen molar-refractivity contribution in [2.24, 2.45) is 0 Å².